The van der Waals surface area contributed by atoms with Crippen LogP contribution >= 0.6 is 11.6 Å². The summed E-state index contributed by atoms with van der Waals surface area (Å²) >= 11 is 5.61. The van der Waals surface area contributed by atoms with E-state index in [0.717, 1.165) is 23.3 Å². The van der Waals surface area contributed by atoms with Gasteiger partial charge in [-0.2, -0.15) is 13.2 Å². The first-order chi connectivity index (χ1) is 11.8. The molecule has 3 nitrogen and oxygen atoms in total. The molecule has 0 aromatic heterocycles. The number of carbonyl (C=O) groups is 1. The number of benzene rings is 2. The van der Waals surface area contributed by atoms with Gasteiger partial charge in [-0.05, 0) is 36.2 Å². The first-order valence-electron chi connectivity index (χ1n) is 7.69. The summed E-state index contributed by atoms with van der Waals surface area (Å²) in [5, 5.41) is 5.37. The molecule has 2 N–H and O–H groups in total. The summed E-state index contributed by atoms with van der Waals surface area (Å²) in [4.78, 5) is 11.9. The van der Waals surface area contributed by atoms with Crippen molar-refractivity contribution in [1.82, 2.24) is 5.32 Å². The van der Waals surface area contributed by atoms with Gasteiger partial charge in [0, 0.05) is 24.5 Å². The zero-order valence-corrected chi connectivity index (χ0v) is 14.3. The molecule has 0 spiro atoms. The van der Waals surface area contributed by atoms with Crippen molar-refractivity contribution in [2.24, 2.45) is 0 Å². The average molecular weight is 371 g/mol. The number of anilines is 1. The fraction of sp³-hybridized carbons (Fsp3) is 0.278. The molecule has 0 fully saturated rings. The summed E-state index contributed by atoms with van der Waals surface area (Å²) in [7, 11) is 0. The predicted molar refractivity (Wildman–Crippen MR) is 92.6 cm³/mol. The van der Waals surface area contributed by atoms with Crippen LogP contribution in [0, 0.1) is 6.92 Å². The summed E-state index contributed by atoms with van der Waals surface area (Å²) < 4.78 is 39.0. The van der Waals surface area contributed by atoms with Crippen LogP contribution in [0.4, 0.5) is 18.9 Å². The van der Waals surface area contributed by atoms with Crippen LogP contribution in [0.1, 0.15) is 23.1 Å². The molecule has 2 rings (SSSR count). The largest absolute Gasteiger partial charge is 0.418 e. The smallest absolute Gasteiger partial charge is 0.325 e. The van der Waals surface area contributed by atoms with E-state index in [9.17, 15) is 18.0 Å². The van der Waals surface area contributed by atoms with E-state index in [1.54, 1.807) is 0 Å². The number of alkyl halides is 3. The maximum atomic E-state index is 13.0. The fourth-order valence-electron chi connectivity index (χ4n) is 2.31. The molecule has 0 unspecified atom stereocenters. The molecular weight excluding hydrogens is 353 g/mol. The van der Waals surface area contributed by atoms with Gasteiger partial charge in [0.2, 0.25) is 5.91 Å². The maximum absolute atomic E-state index is 13.0. The number of carbonyl (C=O) groups excluding carboxylic acids is 1. The van der Waals surface area contributed by atoms with Crippen LogP contribution < -0.4 is 10.6 Å². The third kappa shape index (κ3) is 5.76. The van der Waals surface area contributed by atoms with Crippen LogP contribution in [0.5, 0.6) is 0 Å². The molecule has 0 aliphatic heterocycles. The second kappa shape index (κ2) is 8.36. The van der Waals surface area contributed by atoms with E-state index in [4.69, 9.17) is 11.6 Å². The number of hydrogen-bond acceptors (Lipinski definition) is 2. The highest BCUT2D eigenvalue weighted by Gasteiger charge is 2.34. The van der Waals surface area contributed by atoms with E-state index in [2.05, 4.69) is 10.6 Å². The molecule has 0 radical (unpaired) electrons. The lowest BCUT2D eigenvalue weighted by Crippen LogP contribution is -2.23. The Kier molecular flexibility index (Phi) is 6.45. The molecule has 0 bridgehead atoms. The molecule has 0 saturated carbocycles. The summed E-state index contributed by atoms with van der Waals surface area (Å²) in [6, 6.07) is 11.1. The molecule has 2 aromatic carbocycles. The third-order valence-corrected chi connectivity index (χ3v) is 3.90. The molecule has 0 saturated heterocycles. The van der Waals surface area contributed by atoms with E-state index in [0.29, 0.717) is 13.1 Å². The van der Waals surface area contributed by atoms with Gasteiger partial charge in [-0.1, -0.05) is 35.9 Å². The molecule has 0 aliphatic carbocycles. The van der Waals surface area contributed by atoms with Gasteiger partial charge in [-0.3, -0.25) is 4.79 Å². The Labute approximate surface area is 149 Å². The van der Waals surface area contributed by atoms with Crippen molar-refractivity contribution >= 4 is 23.2 Å². The second-order valence-electron chi connectivity index (χ2n) is 5.59. The number of amides is 1. The third-order valence-electron chi connectivity index (χ3n) is 3.67. The average Bonchev–Trinajstić information content (AvgIpc) is 2.54. The van der Waals surface area contributed by atoms with Gasteiger partial charge in [0.05, 0.1) is 11.3 Å². The topological polar surface area (TPSA) is 41.1 Å². The van der Waals surface area contributed by atoms with Gasteiger partial charge in [-0.25, -0.2) is 0 Å². The lowest BCUT2D eigenvalue weighted by Gasteiger charge is -2.14. The Morgan fingerprint density at radius 3 is 2.56 bits per heavy atom. The van der Waals surface area contributed by atoms with Crippen molar-refractivity contribution in [1.29, 1.82) is 0 Å². The number of nitrogens with one attached hydrogen (secondary N) is 2. The molecule has 1 amide bonds. The van der Waals surface area contributed by atoms with Crippen molar-refractivity contribution in [3.05, 3.63) is 64.2 Å². The molecule has 134 valence electrons. The summed E-state index contributed by atoms with van der Waals surface area (Å²) in [6.45, 7) is 2.94. The minimum atomic E-state index is -4.59. The van der Waals surface area contributed by atoms with Crippen molar-refractivity contribution in [2.75, 3.05) is 11.9 Å². The van der Waals surface area contributed by atoms with Gasteiger partial charge < -0.3 is 10.6 Å². The van der Waals surface area contributed by atoms with E-state index < -0.39 is 17.6 Å². The number of hydrogen-bond donors (Lipinski definition) is 2. The Balaban J connectivity index is 1.88. The Bertz CT molecular complexity index is 747. The normalized spacial score (nSPS) is 11.4. The second-order valence-corrected chi connectivity index (χ2v) is 6.03. The van der Waals surface area contributed by atoms with Crippen LogP contribution in [0.3, 0.4) is 0 Å². The molecule has 25 heavy (non-hydrogen) atoms. The van der Waals surface area contributed by atoms with Crippen molar-refractivity contribution in [3.63, 3.8) is 0 Å². The molecule has 0 heterocycles. The van der Waals surface area contributed by atoms with Crippen molar-refractivity contribution < 1.29 is 18.0 Å². The number of halogens is 4. The van der Waals surface area contributed by atoms with Crippen LogP contribution in [-0.4, -0.2) is 12.5 Å². The molecule has 0 atom stereocenters. The molecule has 0 aliphatic rings. The zero-order valence-electron chi connectivity index (χ0n) is 13.6. The van der Waals surface area contributed by atoms with Crippen LogP contribution in [0.15, 0.2) is 42.5 Å². The van der Waals surface area contributed by atoms with Crippen molar-refractivity contribution in [3.8, 4) is 0 Å². The van der Waals surface area contributed by atoms with Crippen molar-refractivity contribution in [2.45, 2.75) is 26.1 Å². The Morgan fingerprint density at radius 1 is 1.16 bits per heavy atom. The lowest BCUT2D eigenvalue weighted by atomic mass is 10.1. The van der Waals surface area contributed by atoms with Gasteiger partial charge in [0.25, 0.3) is 0 Å². The minimum absolute atomic E-state index is 0.0368. The van der Waals surface area contributed by atoms with E-state index in [-0.39, 0.29) is 17.1 Å². The van der Waals surface area contributed by atoms with Crippen LogP contribution in [0.25, 0.3) is 0 Å². The molecule has 2 aromatic rings. The summed E-state index contributed by atoms with van der Waals surface area (Å²) in [6.07, 6.45) is -4.53. The van der Waals surface area contributed by atoms with Crippen LogP contribution in [0.2, 0.25) is 5.02 Å². The van der Waals surface area contributed by atoms with Gasteiger partial charge in [0.15, 0.2) is 0 Å². The Morgan fingerprint density at radius 2 is 1.88 bits per heavy atom. The highest BCUT2D eigenvalue weighted by atomic mass is 35.5. The minimum Gasteiger partial charge on any atom is -0.325 e. The fourth-order valence-corrected chi connectivity index (χ4v) is 2.48. The lowest BCUT2D eigenvalue weighted by molar-refractivity contribution is -0.137. The zero-order chi connectivity index (χ0) is 18.4. The van der Waals surface area contributed by atoms with Gasteiger partial charge >= 0.3 is 6.18 Å². The summed E-state index contributed by atoms with van der Waals surface area (Å²) in [5.74, 6) is -0.495. The quantitative estimate of drug-likeness (QED) is 0.718. The molecular formula is C18H18ClF3N2O. The summed E-state index contributed by atoms with van der Waals surface area (Å²) in [5.41, 5.74) is 0.998. The predicted octanol–water partition coefficient (Wildman–Crippen LogP) is 4.79. The highest BCUT2D eigenvalue weighted by Crippen LogP contribution is 2.36. The van der Waals surface area contributed by atoms with Gasteiger partial charge in [-0.15, -0.1) is 0 Å². The van der Waals surface area contributed by atoms with E-state index in [1.807, 2.05) is 31.2 Å². The Hall–Kier alpha value is -2.05. The van der Waals surface area contributed by atoms with E-state index in [1.165, 1.54) is 6.07 Å². The number of aryl methyl sites for hydroxylation is 1. The highest BCUT2D eigenvalue weighted by molar-refractivity contribution is 6.30. The standard InChI is InChI=1S/C18H18ClF3N2O/c1-12-4-2-3-5-13(12)11-23-9-8-17(25)24-16-7-6-14(19)10-15(16)18(20,21)22/h2-7,10,23H,8-9,11H2,1H3,(H,24,25). The molecule has 7 heteroatoms. The van der Waals surface area contributed by atoms with Gasteiger partial charge in [0.1, 0.15) is 0 Å². The first-order valence-corrected chi connectivity index (χ1v) is 8.07. The number of rotatable bonds is 6. The monoisotopic (exact) mass is 370 g/mol. The first kappa shape index (κ1) is 19.3. The van der Waals surface area contributed by atoms with Crippen LogP contribution in [-0.2, 0) is 17.5 Å². The SMILES string of the molecule is Cc1ccccc1CNCCC(=O)Nc1ccc(Cl)cc1C(F)(F)F. The van der Waals surface area contributed by atoms with E-state index >= 15 is 0 Å². The maximum Gasteiger partial charge on any atom is 0.418 e.